The Hall–Kier alpha value is -0.0700. The summed E-state index contributed by atoms with van der Waals surface area (Å²) >= 11 is 0. The van der Waals surface area contributed by atoms with E-state index in [0.29, 0.717) is 0 Å². The first-order chi connectivity index (χ1) is 7.16. The van der Waals surface area contributed by atoms with Crippen LogP contribution in [0.4, 0.5) is 25.2 Å². The van der Waals surface area contributed by atoms with Gasteiger partial charge in [0.05, 0.1) is 33.3 Å². The van der Waals surface area contributed by atoms with Gasteiger partial charge in [-0.2, -0.15) is 0 Å². The molecule has 0 rings (SSSR count). The van der Waals surface area contributed by atoms with Crippen LogP contribution >= 0.6 is 7.81 Å². The van der Waals surface area contributed by atoms with E-state index in [4.69, 9.17) is 0 Å². The van der Waals surface area contributed by atoms with E-state index < -0.39 is 13.4 Å². The van der Waals surface area contributed by atoms with Crippen molar-refractivity contribution in [3.8, 4) is 0 Å². The van der Waals surface area contributed by atoms with Gasteiger partial charge in [0.25, 0.3) is 0 Å². The third-order valence-corrected chi connectivity index (χ3v) is 1.62. The fourth-order valence-electron chi connectivity index (χ4n) is 0.986. The topological polar surface area (TPSA) is 20.2 Å². The molecule has 0 aromatic heterocycles. The summed E-state index contributed by atoms with van der Waals surface area (Å²) in [4.78, 5) is 0. The molecule has 18 heavy (non-hydrogen) atoms. The van der Waals surface area contributed by atoms with Crippen molar-refractivity contribution >= 4 is 7.81 Å². The standard InChI is InChI=1S/C9H22NO.F6P/c1-9(2,11)7-6-8-10(3,4)5;1-7(2,3,4,5)6/h11H,6-8H2,1-5H3;/q+1;-1. The zero-order valence-corrected chi connectivity index (χ0v) is 12.1. The van der Waals surface area contributed by atoms with Crippen molar-refractivity contribution in [1.82, 2.24) is 0 Å². The number of halogens is 6. The van der Waals surface area contributed by atoms with Crippen molar-refractivity contribution in [3.63, 3.8) is 0 Å². The first kappa shape index (κ1) is 20.3. The minimum absolute atomic E-state index is 0.491. The molecule has 0 radical (unpaired) electrons. The van der Waals surface area contributed by atoms with Gasteiger partial charge in [-0.1, -0.05) is 0 Å². The van der Waals surface area contributed by atoms with Gasteiger partial charge in [0, 0.05) is 0 Å². The van der Waals surface area contributed by atoms with Gasteiger partial charge < -0.3 is 9.59 Å². The van der Waals surface area contributed by atoms with E-state index in [9.17, 15) is 30.3 Å². The molecule has 0 aromatic rings. The van der Waals surface area contributed by atoms with Crippen molar-refractivity contribution in [3.05, 3.63) is 0 Å². The van der Waals surface area contributed by atoms with E-state index in [0.717, 1.165) is 23.9 Å². The van der Waals surface area contributed by atoms with Gasteiger partial charge in [-0.15, -0.1) is 0 Å². The summed E-state index contributed by atoms with van der Waals surface area (Å²) < 4.78 is 60.2. The van der Waals surface area contributed by atoms with Crippen molar-refractivity contribution in [2.45, 2.75) is 32.3 Å². The molecule has 0 saturated heterocycles. The summed E-state index contributed by atoms with van der Waals surface area (Å²) in [6.45, 7) is 4.86. The van der Waals surface area contributed by atoms with Crippen LogP contribution in [0.5, 0.6) is 0 Å². The Balaban J connectivity index is 0. The summed E-state index contributed by atoms with van der Waals surface area (Å²) in [6.07, 6.45) is 1.98. The third kappa shape index (κ3) is 56.5. The molecule has 0 aliphatic carbocycles. The van der Waals surface area contributed by atoms with Crippen molar-refractivity contribution in [2.75, 3.05) is 27.7 Å². The van der Waals surface area contributed by atoms with Gasteiger partial charge in [-0.25, -0.2) is 0 Å². The molecule has 0 aliphatic heterocycles. The summed E-state index contributed by atoms with van der Waals surface area (Å²) in [5, 5.41) is 9.41. The van der Waals surface area contributed by atoms with Gasteiger partial charge >= 0.3 is 33.0 Å². The van der Waals surface area contributed by atoms with Gasteiger partial charge in [0.1, 0.15) is 0 Å². The van der Waals surface area contributed by atoms with Crippen LogP contribution in [0.3, 0.4) is 0 Å². The van der Waals surface area contributed by atoms with E-state index in [2.05, 4.69) is 21.1 Å². The number of nitrogens with zero attached hydrogens (tertiary/aromatic N) is 1. The fourth-order valence-corrected chi connectivity index (χ4v) is 0.986. The van der Waals surface area contributed by atoms with Gasteiger partial charge in [0.2, 0.25) is 0 Å². The summed E-state index contributed by atoms with van der Waals surface area (Å²) in [5.74, 6) is 0. The van der Waals surface area contributed by atoms with E-state index in [1.165, 1.54) is 0 Å². The molecule has 0 aliphatic rings. The number of rotatable bonds is 4. The Bertz CT molecular complexity index is 234. The molecule has 0 atom stereocenters. The van der Waals surface area contributed by atoms with Crippen molar-refractivity contribution in [2.24, 2.45) is 0 Å². The Morgan fingerprint density at radius 1 is 0.944 bits per heavy atom. The Morgan fingerprint density at radius 2 is 1.22 bits per heavy atom. The zero-order valence-electron chi connectivity index (χ0n) is 11.2. The first-order valence-corrected chi connectivity index (χ1v) is 7.28. The fraction of sp³-hybridized carbons (Fsp3) is 1.00. The van der Waals surface area contributed by atoms with Crippen LogP contribution in [0.2, 0.25) is 0 Å². The monoisotopic (exact) mass is 305 g/mol. The van der Waals surface area contributed by atoms with Gasteiger partial charge in [-0.3, -0.25) is 0 Å². The Labute approximate surface area is 103 Å². The van der Waals surface area contributed by atoms with Crippen molar-refractivity contribution < 1.29 is 34.8 Å². The SMILES string of the molecule is CC(C)(O)CCC[N+](C)(C)C.F[P-](F)(F)(F)(F)F. The second-order valence-corrected chi connectivity index (χ2v) is 7.80. The summed E-state index contributed by atoms with van der Waals surface area (Å²) in [6, 6.07) is 0. The molecule has 2 nitrogen and oxygen atoms in total. The van der Waals surface area contributed by atoms with Gasteiger partial charge in [0.15, 0.2) is 0 Å². The van der Waals surface area contributed by atoms with E-state index in [1.54, 1.807) is 0 Å². The zero-order chi connectivity index (χ0) is 15.5. The number of hydrogen-bond acceptors (Lipinski definition) is 1. The molecule has 116 valence electrons. The maximum absolute atomic E-state index is 10.7. The predicted octanol–water partition coefficient (Wildman–Crippen LogP) is 4.63. The van der Waals surface area contributed by atoms with Crippen LogP contribution in [0.1, 0.15) is 26.7 Å². The molecule has 0 fully saturated rings. The van der Waals surface area contributed by atoms with E-state index in [1.807, 2.05) is 13.8 Å². The Kier molecular flexibility index (Phi) is 5.40. The molecule has 0 saturated carbocycles. The molecule has 0 aromatic carbocycles. The number of quaternary nitrogens is 1. The quantitative estimate of drug-likeness (QED) is 0.456. The number of hydrogen-bond donors (Lipinski definition) is 1. The van der Waals surface area contributed by atoms with Crippen LogP contribution in [0.15, 0.2) is 0 Å². The van der Waals surface area contributed by atoms with Crippen LogP contribution < -0.4 is 0 Å². The molecule has 0 amide bonds. The van der Waals surface area contributed by atoms with Crippen LogP contribution in [-0.2, 0) is 0 Å². The van der Waals surface area contributed by atoms with E-state index >= 15 is 0 Å². The maximum atomic E-state index is 9.87. The average molecular weight is 305 g/mol. The predicted molar refractivity (Wildman–Crippen MR) is 62.0 cm³/mol. The molecule has 0 heterocycles. The second kappa shape index (κ2) is 4.80. The molecule has 0 spiro atoms. The molecule has 1 N–H and O–H groups in total. The first-order valence-electron chi connectivity index (χ1n) is 5.25. The molecule has 0 unspecified atom stereocenters. The molecular weight excluding hydrogens is 283 g/mol. The molecule has 9 heteroatoms. The number of aliphatic hydroxyl groups is 1. The Morgan fingerprint density at radius 3 is 1.39 bits per heavy atom. The minimum atomic E-state index is -10.7. The van der Waals surface area contributed by atoms with Crippen LogP contribution in [0.25, 0.3) is 0 Å². The normalized spacial score (nSPS) is 17.3. The third-order valence-electron chi connectivity index (χ3n) is 1.62. The molecule has 0 bridgehead atoms. The molecular formula is C9H22F6NOP. The van der Waals surface area contributed by atoms with Crippen LogP contribution in [-0.4, -0.2) is 42.9 Å². The van der Waals surface area contributed by atoms with Crippen molar-refractivity contribution in [1.29, 1.82) is 0 Å². The summed E-state index contributed by atoms with van der Waals surface area (Å²) in [5.41, 5.74) is -0.491. The van der Waals surface area contributed by atoms with Crippen LogP contribution in [0, 0.1) is 0 Å². The second-order valence-electron chi connectivity index (χ2n) is 5.89. The summed E-state index contributed by atoms with van der Waals surface area (Å²) in [7, 11) is -4.14. The average Bonchev–Trinajstić information content (AvgIpc) is 1.70. The van der Waals surface area contributed by atoms with Gasteiger partial charge in [-0.05, 0) is 26.7 Å². The van der Waals surface area contributed by atoms with E-state index in [-0.39, 0.29) is 0 Å².